The van der Waals surface area contributed by atoms with Crippen molar-refractivity contribution in [1.29, 1.82) is 0 Å². The first-order valence-corrected chi connectivity index (χ1v) is 10.5. The molecule has 3 heterocycles. The third-order valence-corrected chi connectivity index (χ3v) is 6.77. The highest BCUT2D eigenvalue weighted by Gasteiger charge is 2.78. The second kappa shape index (κ2) is 7.51. The first-order chi connectivity index (χ1) is 14.3. The van der Waals surface area contributed by atoms with Crippen molar-refractivity contribution in [1.82, 2.24) is 4.90 Å². The minimum absolute atomic E-state index is 0.0224. The molecule has 2 N–H and O–H groups in total. The number of rotatable bonds is 6. The Hall–Kier alpha value is -2.16. The first-order valence-electron chi connectivity index (χ1n) is 10.1. The van der Waals surface area contributed by atoms with Crippen LogP contribution in [0, 0.1) is 11.8 Å². The summed E-state index contributed by atoms with van der Waals surface area (Å²) in [4.78, 5) is 40.8. The molecule has 8 nitrogen and oxygen atoms in total. The molecule has 4 rings (SSSR count). The highest BCUT2D eigenvalue weighted by molar-refractivity contribution is 6.30. The lowest BCUT2D eigenvalue weighted by atomic mass is 9.66. The van der Waals surface area contributed by atoms with Gasteiger partial charge in [-0.3, -0.25) is 14.4 Å². The lowest BCUT2D eigenvalue weighted by Crippen LogP contribution is -2.53. The van der Waals surface area contributed by atoms with Crippen molar-refractivity contribution in [2.24, 2.45) is 11.8 Å². The van der Waals surface area contributed by atoms with Crippen LogP contribution in [0.3, 0.4) is 0 Å². The van der Waals surface area contributed by atoms with Crippen LogP contribution in [0.4, 0.5) is 5.69 Å². The number of benzene rings is 1. The maximum atomic E-state index is 13.4. The van der Waals surface area contributed by atoms with Crippen molar-refractivity contribution in [3.63, 3.8) is 0 Å². The molecule has 1 aromatic rings. The van der Waals surface area contributed by atoms with E-state index in [0.29, 0.717) is 23.6 Å². The standard InChI is InChI=1S/C21H25ClN2O6/c1-3-29-19(28)15-14-18(27)24(10-11-25)16(21(14)9-8-20(15,2)30-21)17(26)23-13-6-4-12(22)5-7-13/h4-7,14-16,25H,3,8-11H2,1-2H3,(H,23,26)/t14-,15+,16?,20-,21?/m0/s1. The molecule has 162 valence electrons. The minimum atomic E-state index is -1.13. The third-order valence-electron chi connectivity index (χ3n) is 6.52. The third kappa shape index (κ3) is 3.01. The van der Waals surface area contributed by atoms with Crippen molar-refractivity contribution >= 4 is 35.1 Å². The lowest BCUT2D eigenvalue weighted by molar-refractivity contribution is -0.159. The van der Waals surface area contributed by atoms with Gasteiger partial charge in [0.2, 0.25) is 11.8 Å². The van der Waals surface area contributed by atoms with Crippen LogP contribution in [0.2, 0.25) is 5.02 Å². The summed E-state index contributed by atoms with van der Waals surface area (Å²) in [5.74, 6) is -2.86. The lowest BCUT2D eigenvalue weighted by Gasteiger charge is -2.33. The molecule has 2 unspecified atom stereocenters. The summed E-state index contributed by atoms with van der Waals surface area (Å²) in [6.07, 6.45) is 1.01. The van der Waals surface area contributed by atoms with Gasteiger partial charge in [0.1, 0.15) is 17.6 Å². The number of amides is 2. The Morgan fingerprint density at radius 3 is 2.67 bits per heavy atom. The van der Waals surface area contributed by atoms with E-state index >= 15 is 0 Å². The van der Waals surface area contributed by atoms with E-state index in [1.165, 1.54) is 4.90 Å². The van der Waals surface area contributed by atoms with E-state index in [9.17, 15) is 19.5 Å². The second-order valence-corrected chi connectivity index (χ2v) is 8.67. The van der Waals surface area contributed by atoms with Crippen molar-refractivity contribution in [3.05, 3.63) is 29.3 Å². The molecule has 0 aliphatic carbocycles. The van der Waals surface area contributed by atoms with Gasteiger partial charge < -0.3 is 24.8 Å². The number of aliphatic hydroxyl groups is 1. The number of likely N-dealkylation sites (tertiary alicyclic amines) is 1. The molecule has 1 aromatic carbocycles. The topological polar surface area (TPSA) is 105 Å². The number of hydrogen-bond acceptors (Lipinski definition) is 6. The van der Waals surface area contributed by atoms with Gasteiger partial charge in [0, 0.05) is 17.3 Å². The summed E-state index contributed by atoms with van der Waals surface area (Å²) in [6.45, 7) is 3.38. The smallest absolute Gasteiger partial charge is 0.312 e. The molecule has 5 atom stereocenters. The summed E-state index contributed by atoms with van der Waals surface area (Å²) in [5, 5.41) is 12.9. The van der Waals surface area contributed by atoms with E-state index in [1.807, 2.05) is 0 Å². The maximum absolute atomic E-state index is 13.4. The normalized spacial score (nSPS) is 34.2. The zero-order chi connectivity index (χ0) is 21.7. The highest BCUT2D eigenvalue weighted by atomic mass is 35.5. The van der Waals surface area contributed by atoms with Crippen LogP contribution in [0.15, 0.2) is 24.3 Å². The van der Waals surface area contributed by atoms with Gasteiger partial charge in [0.05, 0.1) is 24.7 Å². The zero-order valence-electron chi connectivity index (χ0n) is 16.9. The molecule has 0 radical (unpaired) electrons. The largest absolute Gasteiger partial charge is 0.466 e. The van der Waals surface area contributed by atoms with Gasteiger partial charge >= 0.3 is 5.97 Å². The molecule has 0 saturated carbocycles. The Kier molecular flexibility index (Phi) is 5.28. The zero-order valence-corrected chi connectivity index (χ0v) is 17.6. The summed E-state index contributed by atoms with van der Waals surface area (Å²) in [5.41, 5.74) is -1.47. The van der Waals surface area contributed by atoms with Crippen LogP contribution in [0.25, 0.3) is 0 Å². The van der Waals surface area contributed by atoms with Crippen molar-refractivity contribution in [3.8, 4) is 0 Å². The average molecular weight is 437 g/mol. The van der Waals surface area contributed by atoms with Gasteiger partial charge in [-0.25, -0.2) is 0 Å². The number of β-amino-alcohol motifs (C(OH)–C–C–N with tert-alkyl or cyclic N) is 1. The Bertz CT molecular complexity index is 877. The molecule has 30 heavy (non-hydrogen) atoms. The molecule has 3 saturated heterocycles. The number of aliphatic hydroxyl groups excluding tert-OH is 1. The summed E-state index contributed by atoms with van der Waals surface area (Å²) in [7, 11) is 0. The van der Waals surface area contributed by atoms with Crippen molar-refractivity contribution in [2.75, 3.05) is 25.1 Å². The SMILES string of the molecule is CCOC(=O)[C@H]1[C@H]2C(=O)N(CCO)C(C(=O)Nc3ccc(Cl)cc3)C23CC[C@]1(C)O3. The van der Waals surface area contributed by atoms with Crippen molar-refractivity contribution in [2.45, 2.75) is 43.9 Å². The summed E-state index contributed by atoms with van der Waals surface area (Å²) < 4.78 is 11.6. The van der Waals surface area contributed by atoms with Crippen LogP contribution in [-0.2, 0) is 23.9 Å². The average Bonchev–Trinajstić information content (AvgIpc) is 3.25. The number of esters is 1. The molecule has 1 spiro atoms. The number of fused-ring (bicyclic) bond motifs is 1. The molecular formula is C21H25ClN2O6. The second-order valence-electron chi connectivity index (χ2n) is 8.23. The summed E-state index contributed by atoms with van der Waals surface area (Å²) in [6, 6.07) is 5.67. The predicted octanol–water partition coefficient (Wildman–Crippen LogP) is 1.60. The van der Waals surface area contributed by atoms with Gasteiger partial charge in [-0.05, 0) is 51.0 Å². The highest BCUT2D eigenvalue weighted by Crippen LogP contribution is 2.63. The van der Waals surface area contributed by atoms with Crippen LogP contribution in [-0.4, -0.2) is 64.8 Å². The van der Waals surface area contributed by atoms with E-state index in [2.05, 4.69) is 5.32 Å². The maximum Gasteiger partial charge on any atom is 0.312 e. The molecule has 2 amide bonds. The number of carbonyl (C=O) groups excluding carboxylic acids is 3. The number of nitrogens with zero attached hydrogens (tertiary/aromatic N) is 1. The van der Waals surface area contributed by atoms with Crippen LogP contribution in [0.5, 0.6) is 0 Å². The van der Waals surface area contributed by atoms with Gasteiger partial charge in [-0.2, -0.15) is 0 Å². The molecule has 9 heteroatoms. The molecular weight excluding hydrogens is 412 g/mol. The van der Waals surface area contributed by atoms with E-state index in [1.54, 1.807) is 38.1 Å². The minimum Gasteiger partial charge on any atom is -0.466 e. The van der Waals surface area contributed by atoms with Gasteiger partial charge in [0.15, 0.2) is 0 Å². The molecule has 3 fully saturated rings. The number of carbonyl (C=O) groups is 3. The molecule has 0 aromatic heterocycles. The predicted molar refractivity (Wildman–Crippen MR) is 108 cm³/mol. The number of ether oxygens (including phenoxy) is 2. The van der Waals surface area contributed by atoms with E-state index in [0.717, 1.165) is 0 Å². The molecule has 3 aliphatic heterocycles. The number of nitrogens with one attached hydrogen (secondary N) is 1. The Morgan fingerprint density at radius 2 is 2.03 bits per heavy atom. The Balaban J connectivity index is 1.71. The van der Waals surface area contributed by atoms with Crippen molar-refractivity contribution < 1.29 is 29.0 Å². The number of hydrogen-bond donors (Lipinski definition) is 2. The van der Waals surface area contributed by atoms with Gasteiger partial charge in [-0.1, -0.05) is 11.6 Å². The Morgan fingerprint density at radius 1 is 1.33 bits per heavy atom. The quantitative estimate of drug-likeness (QED) is 0.656. The monoisotopic (exact) mass is 436 g/mol. The Labute approximate surface area is 179 Å². The fraction of sp³-hybridized carbons (Fsp3) is 0.571. The number of anilines is 1. The molecule has 2 bridgehead atoms. The van der Waals surface area contributed by atoms with E-state index in [4.69, 9.17) is 21.1 Å². The summed E-state index contributed by atoms with van der Waals surface area (Å²) >= 11 is 5.91. The van der Waals surface area contributed by atoms with Gasteiger partial charge in [0.25, 0.3) is 0 Å². The fourth-order valence-electron chi connectivity index (χ4n) is 5.41. The van der Waals surface area contributed by atoms with Crippen LogP contribution >= 0.6 is 11.6 Å². The van der Waals surface area contributed by atoms with Crippen LogP contribution < -0.4 is 5.32 Å². The van der Waals surface area contributed by atoms with Gasteiger partial charge in [-0.15, -0.1) is 0 Å². The van der Waals surface area contributed by atoms with Crippen LogP contribution in [0.1, 0.15) is 26.7 Å². The van der Waals surface area contributed by atoms with E-state index in [-0.39, 0.29) is 25.7 Å². The van der Waals surface area contributed by atoms with E-state index < -0.39 is 41.0 Å². The first kappa shape index (κ1) is 21.1. The molecule has 3 aliphatic rings. The fourth-order valence-corrected chi connectivity index (χ4v) is 5.53. The number of halogens is 1.